The largest absolute Gasteiger partial charge is 0.497 e. The number of carbonyl (C=O) groups is 1. The number of aryl methyl sites for hydroxylation is 1. The molecule has 134 valence electrons. The molecule has 1 atom stereocenters. The van der Waals surface area contributed by atoms with Crippen LogP contribution in [-0.2, 0) is 9.84 Å². The minimum Gasteiger partial charge on any atom is -0.497 e. The Hall–Kier alpha value is -2.28. The van der Waals surface area contributed by atoms with E-state index in [1.54, 1.807) is 7.11 Å². The summed E-state index contributed by atoms with van der Waals surface area (Å²) in [6, 6.07) is 9.14. The van der Waals surface area contributed by atoms with Gasteiger partial charge in [-0.25, -0.2) is 8.42 Å². The first-order valence-electron chi connectivity index (χ1n) is 8.15. The first-order valence-corrected chi connectivity index (χ1v) is 9.97. The maximum absolute atomic E-state index is 12.6. The zero-order chi connectivity index (χ0) is 18.2. The molecule has 1 aromatic heterocycles. The lowest BCUT2D eigenvalue weighted by molar-refractivity contribution is 0.0940. The highest BCUT2D eigenvalue weighted by molar-refractivity contribution is 7.91. The summed E-state index contributed by atoms with van der Waals surface area (Å²) < 4.78 is 30.4. The second-order valence-corrected chi connectivity index (χ2v) is 8.62. The van der Waals surface area contributed by atoms with Crippen LogP contribution in [0.5, 0.6) is 5.75 Å². The van der Waals surface area contributed by atoms with E-state index >= 15 is 0 Å². The van der Waals surface area contributed by atoms with E-state index in [1.165, 1.54) is 0 Å². The fraction of sp³-hybridized carbons (Fsp3) is 0.389. The molecule has 0 radical (unpaired) electrons. The molecular weight excluding hydrogens is 340 g/mol. The van der Waals surface area contributed by atoms with Gasteiger partial charge in [-0.05, 0) is 38.5 Å². The number of carbonyl (C=O) groups excluding carboxylic acids is 1. The van der Waals surface area contributed by atoms with Gasteiger partial charge < -0.3 is 14.6 Å². The topological polar surface area (TPSA) is 77.4 Å². The number of rotatable bonds is 4. The molecule has 3 rings (SSSR count). The number of benzene rings is 1. The lowest BCUT2D eigenvalue weighted by Crippen LogP contribution is -2.35. The molecule has 0 aliphatic carbocycles. The van der Waals surface area contributed by atoms with Crippen LogP contribution >= 0.6 is 0 Å². The van der Waals surface area contributed by atoms with Gasteiger partial charge in [0.1, 0.15) is 5.75 Å². The van der Waals surface area contributed by atoms with Crippen LogP contribution in [0.2, 0.25) is 0 Å². The molecular formula is C18H22N2O4S. The minimum atomic E-state index is -3.02. The average molecular weight is 362 g/mol. The van der Waals surface area contributed by atoms with Crippen molar-refractivity contribution >= 4 is 15.7 Å². The SMILES string of the molecule is COc1cccc(-n2c(C)cc(C(=O)N[C@@H]3CCS(=O)(=O)C3)c2C)c1. The van der Waals surface area contributed by atoms with Crippen LogP contribution in [0.3, 0.4) is 0 Å². The molecule has 1 N–H and O–H groups in total. The zero-order valence-corrected chi connectivity index (χ0v) is 15.4. The number of sulfone groups is 1. The van der Waals surface area contributed by atoms with Gasteiger partial charge in [0.05, 0.1) is 24.2 Å². The van der Waals surface area contributed by atoms with E-state index in [0.29, 0.717) is 12.0 Å². The first-order chi connectivity index (χ1) is 11.8. The Morgan fingerprint density at radius 1 is 1.28 bits per heavy atom. The summed E-state index contributed by atoms with van der Waals surface area (Å²) in [6.45, 7) is 3.82. The van der Waals surface area contributed by atoms with Crippen molar-refractivity contribution in [1.82, 2.24) is 9.88 Å². The fourth-order valence-corrected chi connectivity index (χ4v) is 4.98. The highest BCUT2D eigenvalue weighted by Crippen LogP contribution is 2.24. The Balaban J connectivity index is 1.87. The summed E-state index contributed by atoms with van der Waals surface area (Å²) in [5, 5.41) is 2.85. The summed E-state index contributed by atoms with van der Waals surface area (Å²) in [6.07, 6.45) is 0.475. The molecule has 6 nitrogen and oxygen atoms in total. The van der Waals surface area contributed by atoms with Gasteiger partial charge in [0.15, 0.2) is 9.84 Å². The van der Waals surface area contributed by atoms with Gasteiger partial charge in [0.25, 0.3) is 5.91 Å². The van der Waals surface area contributed by atoms with E-state index in [-0.39, 0.29) is 23.5 Å². The predicted molar refractivity (Wildman–Crippen MR) is 96.3 cm³/mol. The number of methoxy groups -OCH3 is 1. The lowest BCUT2D eigenvalue weighted by Gasteiger charge is -2.13. The Morgan fingerprint density at radius 3 is 2.68 bits per heavy atom. The van der Waals surface area contributed by atoms with Gasteiger partial charge in [-0.1, -0.05) is 6.07 Å². The number of nitrogens with zero attached hydrogens (tertiary/aromatic N) is 1. The maximum Gasteiger partial charge on any atom is 0.253 e. The fourth-order valence-electron chi connectivity index (χ4n) is 3.31. The van der Waals surface area contributed by atoms with Gasteiger partial charge in [-0.3, -0.25) is 4.79 Å². The predicted octanol–water partition coefficient (Wildman–Crippen LogP) is 2.02. The standard InChI is InChI=1S/C18H22N2O4S/c1-12-9-17(18(21)19-14-7-8-25(22,23)11-14)13(2)20(12)15-5-4-6-16(10-15)24-3/h4-6,9-10,14H,7-8,11H2,1-3H3,(H,19,21)/t14-/m1/s1. The molecule has 1 aliphatic rings. The smallest absolute Gasteiger partial charge is 0.253 e. The normalized spacial score (nSPS) is 18.9. The quantitative estimate of drug-likeness (QED) is 0.903. The third-order valence-corrected chi connectivity index (χ3v) is 6.32. The molecule has 2 heterocycles. The molecule has 0 saturated carbocycles. The third-order valence-electron chi connectivity index (χ3n) is 4.55. The molecule has 1 amide bonds. The summed E-state index contributed by atoms with van der Waals surface area (Å²) in [7, 11) is -1.41. The highest BCUT2D eigenvalue weighted by atomic mass is 32.2. The van der Waals surface area contributed by atoms with Crippen molar-refractivity contribution in [2.75, 3.05) is 18.6 Å². The average Bonchev–Trinajstić information content (AvgIpc) is 3.06. The minimum absolute atomic E-state index is 0.0212. The Labute approximate surface area is 147 Å². The monoisotopic (exact) mass is 362 g/mol. The van der Waals surface area contributed by atoms with Gasteiger partial charge >= 0.3 is 0 Å². The molecule has 1 aromatic carbocycles. The van der Waals surface area contributed by atoms with E-state index in [1.807, 2.05) is 48.7 Å². The number of nitrogens with one attached hydrogen (secondary N) is 1. The summed E-state index contributed by atoms with van der Waals surface area (Å²) in [5.41, 5.74) is 3.21. The summed E-state index contributed by atoms with van der Waals surface area (Å²) >= 11 is 0. The van der Waals surface area contributed by atoms with E-state index < -0.39 is 9.84 Å². The lowest BCUT2D eigenvalue weighted by atomic mass is 10.2. The Bertz CT molecular complexity index is 915. The van der Waals surface area contributed by atoms with Gasteiger partial charge in [-0.15, -0.1) is 0 Å². The molecule has 2 aromatic rings. The molecule has 1 saturated heterocycles. The second-order valence-electron chi connectivity index (χ2n) is 6.40. The Morgan fingerprint density at radius 2 is 2.04 bits per heavy atom. The highest BCUT2D eigenvalue weighted by Gasteiger charge is 2.30. The molecule has 1 aliphatic heterocycles. The van der Waals surface area contributed by atoms with Crippen LogP contribution in [-0.4, -0.2) is 43.5 Å². The molecule has 25 heavy (non-hydrogen) atoms. The molecule has 1 fully saturated rings. The number of amides is 1. The van der Waals surface area contributed by atoms with E-state index in [9.17, 15) is 13.2 Å². The van der Waals surface area contributed by atoms with Crippen LogP contribution in [0.15, 0.2) is 30.3 Å². The van der Waals surface area contributed by atoms with Crippen LogP contribution in [0, 0.1) is 13.8 Å². The van der Waals surface area contributed by atoms with Crippen molar-refractivity contribution in [3.63, 3.8) is 0 Å². The van der Waals surface area contributed by atoms with Crippen molar-refractivity contribution in [3.05, 3.63) is 47.3 Å². The van der Waals surface area contributed by atoms with Crippen molar-refractivity contribution in [2.24, 2.45) is 0 Å². The first kappa shape index (κ1) is 17.5. The number of ether oxygens (including phenoxy) is 1. The van der Waals surface area contributed by atoms with Crippen molar-refractivity contribution in [3.8, 4) is 11.4 Å². The van der Waals surface area contributed by atoms with Crippen LogP contribution < -0.4 is 10.1 Å². The van der Waals surface area contributed by atoms with Gasteiger partial charge in [0, 0.05) is 29.2 Å². The van der Waals surface area contributed by atoms with Crippen molar-refractivity contribution in [1.29, 1.82) is 0 Å². The molecule has 7 heteroatoms. The molecule has 0 spiro atoms. The van der Waals surface area contributed by atoms with Gasteiger partial charge in [-0.2, -0.15) is 0 Å². The molecule has 0 unspecified atom stereocenters. The Kier molecular flexibility index (Phi) is 4.60. The van der Waals surface area contributed by atoms with E-state index in [2.05, 4.69) is 5.32 Å². The third kappa shape index (κ3) is 3.56. The van der Waals surface area contributed by atoms with Crippen molar-refractivity contribution in [2.45, 2.75) is 26.3 Å². The summed E-state index contributed by atoms with van der Waals surface area (Å²) in [4.78, 5) is 12.6. The maximum atomic E-state index is 12.6. The molecule has 0 bridgehead atoms. The zero-order valence-electron chi connectivity index (χ0n) is 14.6. The summed E-state index contributed by atoms with van der Waals surface area (Å²) in [5.74, 6) is 0.672. The van der Waals surface area contributed by atoms with E-state index in [0.717, 1.165) is 22.8 Å². The number of aromatic nitrogens is 1. The van der Waals surface area contributed by atoms with Crippen LogP contribution in [0.1, 0.15) is 28.2 Å². The number of hydrogen-bond acceptors (Lipinski definition) is 4. The van der Waals surface area contributed by atoms with Crippen LogP contribution in [0.4, 0.5) is 0 Å². The second kappa shape index (κ2) is 6.55. The van der Waals surface area contributed by atoms with Gasteiger partial charge in [0.2, 0.25) is 0 Å². The number of hydrogen-bond donors (Lipinski definition) is 1. The van der Waals surface area contributed by atoms with Crippen LogP contribution in [0.25, 0.3) is 5.69 Å². The van der Waals surface area contributed by atoms with E-state index in [4.69, 9.17) is 4.74 Å². The van der Waals surface area contributed by atoms with Crippen molar-refractivity contribution < 1.29 is 17.9 Å².